The molecule has 0 amide bonds. The van der Waals surface area contributed by atoms with E-state index >= 15 is 0 Å². The number of hydrogen-bond donors (Lipinski definition) is 0. The van der Waals surface area contributed by atoms with Gasteiger partial charge in [0, 0.05) is 32.3 Å². The van der Waals surface area contributed by atoms with E-state index in [1.165, 1.54) is 5.56 Å². The van der Waals surface area contributed by atoms with Crippen LogP contribution in [0, 0.1) is 18.3 Å². The number of nitriles is 1. The van der Waals surface area contributed by atoms with Crippen molar-refractivity contribution in [3.8, 4) is 11.8 Å². The lowest BCUT2D eigenvalue weighted by atomic mass is 9.91. The van der Waals surface area contributed by atoms with E-state index in [9.17, 15) is 0 Å². The van der Waals surface area contributed by atoms with Gasteiger partial charge in [-0.25, -0.2) is 4.98 Å². The number of hydrogen-bond acceptors (Lipinski definition) is 4. The van der Waals surface area contributed by atoms with Crippen LogP contribution in [0.4, 0.5) is 5.69 Å². The van der Waals surface area contributed by atoms with Gasteiger partial charge in [-0.3, -0.25) is 0 Å². The molecule has 0 radical (unpaired) electrons. The fourth-order valence-electron chi connectivity index (χ4n) is 3.34. The van der Waals surface area contributed by atoms with Crippen molar-refractivity contribution in [1.82, 2.24) is 9.55 Å². The standard InChI is InChI=1S/C21H26N4O/c1-16-7-8-17(26-12-6-5-11-22)13-19(16)25(4)21(2)10-9-18-20(14-21)24(3)15-23-18/h7-9,13-15H,5-6,10,12H2,1-4H3. The van der Waals surface area contributed by atoms with E-state index < -0.39 is 0 Å². The summed E-state index contributed by atoms with van der Waals surface area (Å²) in [4.78, 5) is 6.77. The summed E-state index contributed by atoms with van der Waals surface area (Å²) in [6.45, 7) is 4.94. The molecule has 0 aliphatic heterocycles. The molecular formula is C21H26N4O. The molecule has 0 saturated carbocycles. The summed E-state index contributed by atoms with van der Waals surface area (Å²) in [5, 5.41) is 10.9. The van der Waals surface area contributed by atoms with Crippen molar-refractivity contribution in [3.05, 3.63) is 40.8 Å². The normalized spacial score (nSPS) is 18.3. The minimum absolute atomic E-state index is 0.134. The number of rotatable bonds is 6. The van der Waals surface area contributed by atoms with Gasteiger partial charge in [0.1, 0.15) is 5.75 Å². The highest BCUT2D eigenvalue weighted by Gasteiger charge is 2.29. The molecule has 1 aromatic heterocycles. The molecule has 5 nitrogen and oxygen atoms in total. The van der Waals surface area contributed by atoms with Crippen LogP contribution in [0.1, 0.15) is 31.7 Å². The Labute approximate surface area is 154 Å². The first-order valence-electron chi connectivity index (χ1n) is 8.99. The summed E-state index contributed by atoms with van der Waals surface area (Å²) >= 11 is 0. The van der Waals surface area contributed by atoms with Gasteiger partial charge in [-0.05, 0) is 44.4 Å². The maximum Gasteiger partial charge on any atom is 0.121 e. The lowest BCUT2D eigenvalue weighted by Gasteiger charge is -2.39. The lowest BCUT2D eigenvalue weighted by Crippen LogP contribution is -2.48. The largest absolute Gasteiger partial charge is 0.493 e. The number of aromatic nitrogens is 2. The smallest absolute Gasteiger partial charge is 0.121 e. The highest BCUT2D eigenvalue weighted by atomic mass is 16.5. The Morgan fingerprint density at radius 1 is 1.42 bits per heavy atom. The molecule has 1 atom stereocenters. The van der Waals surface area contributed by atoms with Crippen LogP contribution in [0.5, 0.6) is 5.75 Å². The molecule has 1 aliphatic rings. The van der Waals surface area contributed by atoms with E-state index in [4.69, 9.17) is 10.00 Å². The van der Waals surface area contributed by atoms with Gasteiger partial charge in [-0.1, -0.05) is 12.1 Å². The number of nitrogens with zero attached hydrogens (tertiary/aromatic N) is 4. The van der Waals surface area contributed by atoms with E-state index in [2.05, 4.69) is 65.7 Å². The second-order valence-electron chi connectivity index (χ2n) is 7.15. The third kappa shape index (κ3) is 3.45. The number of aryl methyl sites for hydroxylation is 2. The summed E-state index contributed by atoms with van der Waals surface area (Å²) in [7, 11) is 4.16. The van der Waals surface area contributed by atoms with Crippen molar-refractivity contribution < 1.29 is 4.74 Å². The summed E-state index contributed by atoms with van der Waals surface area (Å²) < 4.78 is 7.90. The topological polar surface area (TPSA) is 54.1 Å². The van der Waals surface area contributed by atoms with Crippen molar-refractivity contribution in [3.63, 3.8) is 0 Å². The molecule has 1 aliphatic carbocycles. The van der Waals surface area contributed by atoms with Gasteiger partial charge in [-0.2, -0.15) is 5.26 Å². The molecule has 2 aromatic rings. The molecule has 0 fully saturated rings. The van der Waals surface area contributed by atoms with Gasteiger partial charge in [0.2, 0.25) is 0 Å². The van der Waals surface area contributed by atoms with Crippen LogP contribution >= 0.6 is 0 Å². The van der Waals surface area contributed by atoms with Crippen molar-refractivity contribution in [2.24, 2.45) is 7.05 Å². The molecule has 1 unspecified atom stereocenters. The average molecular weight is 350 g/mol. The molecule has 0 spiro atoms. The monoisotopic (exact) mass is 350 g/mol. The fraction of sp³-hybridized carbons (Fsp3) is 0.429. The van der Waals surface area contributed by atoms with Gasteiger partial charge in [0.25, 0.3) is 0 Å². The van der Waals surface area contributed by atoms with Crippen LogP contribution in [0.25, 0.3) is 12.2 Å². The van der Waals surface area contributed by atoms with Crippen molar-refractivity contribution in [2.75, 3.05) is 18.6 Å². The number of benzene rings is 1. The SMILES string of the molecule is Cc1ccc(OCCCC#N)cc1N(C)C1(C)C=c2c(ncn2C)=CC1. The van der Waals surface area contributed by atoms with Crippen LogP contribution in [0.2, 0.25) is 0 Å². The Kier molecular flexibility index (Phi) is 5.03. The minimum atomic E-state index is -0.134. The number of anilines is 1. The quantitative estimate of drug-likeness (QED) is 0.750. The van der Waals surface area contributed by atoms with E-state index in [0.29, 0.717) is 13.0 Å². The molecular weight excluding hydrogens is 324 g/mol. The summed E-state index contributed by atoms with van der Waals surface area (Å²) in [5.74, 6) is 0.847. The zero-order valence-corrected chi connectivity index (χ0v) is 16.0. The van der Waals surface area contributed by atoms with Gasteiger partial charge < -0.3 is 14.2 Å². The molecule has 1 aromatic carbocycles. The summed E-state index contributed by atoms with van der Waals surface area (Å²) in [6.07, 6.45) is 8.55. The molecule has 5 heteroatoms. The molecule has 26 heavy (non-hydrogen) atoms. The average Bonchev–Trinajstić information content (AvgIpc) is 2.99. The Hall–Kier alpha value is -2.74. The van der Waals surface area contributed by atoms with Gasteiger partial charge in [0.05, 0.1) is 35.2 Å². The Bertz CT molecular complexity index is 953. The number of imidazole rings is 1. The van der Waals surface area contributed by atoms with E-state index in [1.54, 1.807) is 0 Å². The van der Waals surface area contributed by atoms with Crippen molar-refractivity contribution >= 4 is 17.8 Å². The molecule has 0 bridgehead atoms. The van der Waals surface area contributed by atoms with Gasteiger partial charge in [0.15, 0.2) is 0 Å². The predicted molar refractivity (Wildman–Crippen MR) is 104 cm³/mol. The summed E-state index contributed by atoms with van der Waals surface area (Å²) in [5.41, 5.74) is 2.23. The van der Waals surface area contributed by atoms with Crippen LogP contribution in [-0.2, 0) is 7.05 Å². The highest BCUT2D eigenvalue weighted by Crippen LogP contribution is 2.33. The maximum absolute atomic E-state index is 8.64. The first-order valence-corrected chi connectivity index (χ1v) is 8.99. The minimum Gasteiger partial charge on any atom is -0.493 e. The Morgan fingerprint density at radius 2 is 2.23 bits per heavy atom. The van der Waals surface area contributed by atoms with Crippen LogP contribution in [0.15, 0.2) is 24.5 Å². The van der Waals surface area contributed by atoms with Gasteiger partial charge in [-0.15, -0.1) is 0 Å². The third-order valence-corrected chi connectivity index (χ3v) is 5.18. The van der Waals surface area contributed by atoms with Crippen molar-refractivity contribution in [2.45, 2.75) is 38.6 Å². The zero-order valence-electron chi connectivity index (χ0n) is 16.0. The first kappa shape index (κ1) is 18.1. The fourth-order valence-corrected chi connectivity index (χ4v) is 3.34. The van der Waals surface area contributed by atoms with E-state index in [1.807, 2.05) is 19.4 Å². The lowest BCUT2D eigenvalue weighted by molar-refractivity contribution is 0.312. The second-order valence-corrected chi connectivity index (χ2v) is 7.15. The van der Waals surface area contributed by atoms with Crippen LogP contribution in [-0.4, -0.2) is 28.7 Å². The van der Waals surface area contributed by atoms with Gasteiger partial charge >= 0.3 is 0 Å². The molecule has 3 rings (SSSR count). The van der Waals surface area contributed by atoms with Crippen LogP contribution < -0.4 is 20.3 Å². The molecule has 0 N–H and O–H groups in total. The highest BCUT2D eigenvalue weighted by molar-refractivity contribution is 5.63. The maximum atomic E-state index is 8.64. The molecule has 136 valence electrons. The summed E-state index contributed by atoms with van der Waals surface area (Å²) in [6, 6.07) is 8.34. The Morgan fingerprint density at radius 3 is 3.00 bits per heavy atom. The zero-order chi connectivity index (χ0) is 18.7. The van der Waals surface area contributed by atoms with E-state index in [0.717, 1.165) is 35.0 Å². The number of ether oxygens (including phenoxy) is 1. The predicted octanol–water partition coefficient (Wildman–Crippen LogP) is 2.27. The third-order valence-electron chi connectivity index (χ3n) is 5.18. The molecule has 1 heterocycles. The Balaban J connectivity index is 1.87. The number of fused-ring (bicyclic) bond motifs is 1. The molecule has 0 saturated heterocycles. The van der Waals surface area contributed by atoms with Crippen LogP contribution in [0.3, 0.4) is 0 Å². The number of unbranched alkanes of at least 4 members (excludes halogenated alkanes) is 1. The van der Waals surface area contributed by atoms with E-state index in [-0.39, 0.29) is 5.54 Å². The second kappa shape index (κ2) is 7.25. The first-order chi connectivity index (χ1) is 12.4. The van der Waals surface area contributed by atoms with Crippen molar-refractivity contribution in [1.29, 1.82) is 5.26 Å².